The van der Waals surface area contributed by atoms with E-state index in [1.165, 1.54) is 107 Å². The third-order valence-electron chi connectivity index (χ3n) is 13.6. The van der Waals surface area contributed by atoms with Gasteiger partial charge in [0.15, 0.2) is 34.4 Å². The van der Waals surface area contributed by atoms with Crippen LogP contribution in [0, 0.1) is 34.9 Å². The molecule has 0 aliphatic heterocycles. The van der Waals surface area contributed by atoms with Crippen LogP contribution in [0.5, 0.6) is 11.5 Å². The highest BCUT2D eigenvalue weighted by atomic mass is 19.1. The van der Waals surface area contributed by atoms with Crippen LogP contribution in [0.3, 0.4) is 0 Å². The van der Waals surface area contributed by atoms with E-state index in [1.807, 2.05) is 0 Å². The number of benzene rings is 4. The quantitative estimate of drug-likeness (QED) is 0.109. The lowest BCUT2D eigenvalue weighted by Gasteiger charge is -2.18. The number of fused-ring (bicyclic) bond motifs is 4. The number of nitrogens with two attached hydrogens (primary N) is 2. The van der Waals surface area contributed by atoms with E-state index in [0.717, 1.165) is 21.2 Å². The van der Waals surface area contributed by atoms with Crippen molar-refractivity contribution in [3.05, 3.63) is 201 Å². The number of nitrogens with zero attached hydrogens (tertiary/aromatic N) is 12. The van der Waals surface area contributed by atoms with Gasteiger partial charge >= 0.3 is 0 Å². The summed E-state index contributed by atoms with van der Waals surface area (Å²) in [5.74, 6) is -3.15. The Labute approximate surface area is 472 Å². The van der Waals surface area contributed by atoms with E-state index in [9.17, 15) is 35.9 Å². The third kappa shape index (κ3) is 10.3. The van der Waals surface area contributed by atoms with Gasteiger partial charge in [-0.15, -0.1) is 0 Å². The van der Waals surface area contributed by atoms with Gasteiger partial charge in [-0.2, -0.15) is 10.2 Å². The fourth-order valence-electron chi connectivity index (χ4n) is 9.86. The fourth-order valence-corrected chi connectivity index (χ4v) is 9.86. The Morgan fingerprint density at radius 1 is 0.464 bits per heavy atom. The molecular weight excluding hydrogens is 1090 g/mol. The van der Waals surface area contributed by atoms with E-state index >= 15 is 0 Å². The zero-order valence-electron chi connectivity index (χ0n) is 45.4. The predicted molar refractivity (Wildman–Crippen MR) is 303 cm³/mol. The Hall–Kier alpha value is -10.5. The van der Waals surface area contributed by atoms with E-state index in [4.69, 9.17) is 31.1 Å². The van der Waals surface area contributed by atoms with Gasteiger partial charge in [0.05, 0.1) is 57.6 Å². The summed E-state index contributed by atoms with van der Waals surface area (Å²) in [7, 11) is 0. The number of anilines is 2. The van der Waals surface area contributed by atoms with Gasteiger partial charge in [-0.05, 0) is 138 Å². The molecule has 424 valence electrons. The Bertz CT molecular complexity index is 4410. The molecule has 4 aromatic carbocycles. The average Bonchev–Trinajstić information content (AvgIpc) is 1.93. The van der Waals surface area contributed by atoms with Crippen molar-refractivity contribution < 1.29 is 35.8 Å². The van der Waals surface area contributed by atoms with Gasteiger partial charge in [0.1, 0.15) is 70.2 Å². The first-order valence-electron chi connectivity index (χ1n) is 26.1. The van der Waals surface area contributed by atoms with Gasteiger partial charge in [0, 0.05) is 23.5 Å². The molecule has 24 heteroatoms. The van der Waals surface area contributed by atoms with Crippen LogP contribution in [-0.4, -0.2) is 70.5 Å². The van der Waals surface area contributed by atoms with Crippen LogP contribution in [0.4, 0.5) is 38.0 Å². The molecule has 0 saturated carbocycles. The molecule has 0 spiro atoms. The Kier molecular flexibility index (Phi) is 14.6. The highest BCUT2D eigenvalue weighted by Gasteiger charge is 2.29. The predicted octanol–water partition coefficient (Wildman–Crippen LogP) is 11.1. The maximum Gasteiger partial charge on any atom is 0.266 e. The van der Waals surface area contributed by atoms with E-state index in [0.29, 0.717) is 44.6 Å². The second-order valence-electron chi connectivity index (χ2n) is 20.0. The van der Waals surface area contributed by atoms with Gasteiger partial charge in [-0.1, -0.05) is 24.3 Å². The molecule has 0 saturated heterocycles. The molecule has 0 amide bonds. The van der Waals surface area contributed by atoms with Crippen LogP contribution in [0.1, 0.15) is 65.0 Å². The molecule has 0 bridgehead atoms. The lowest BCUT2D eigenvalue weighted by atomic mass is 10.0. The average molecular weight is 1140 g/mol. The molecule has 12 rings (SSSR count). The number of pyridine rings is 2. The lowest BCUT2D eigenvalue weighted by Crippen LogP contribution is -2.23. The normalized spacial score (nSPS) is 12.4. The lowest BCUT2D eigenvalue weighted by molar-refractivity contribution is 0.231. The van der Waals surface area contributed by atoms with Crippen molar-refractivity contribution in [1.29, 1.82) is 0 Å². The molecule has 4 N–H and O–H groups in total. The monoisotopic (exact) mass is 1140 g/mol. The van der Waals surface area contributed by atoms with Gasteiger partial charge in [-0.3, -0.25) is 18.4 Å². The number of rotatable bonds is 12. The molecular formula is C60H48F6N14O4. The largest absolute Gasteiger partial charge is 0.488 e. The zero-order chi connectivity index (χ0) is 59.4. The molecule has 0 aliphatic rings. The summed E-state index contributed by atoms with van der Waals surface area (Å²) < 4.78 is 103. The number of hydrogen-bond acceptors (Lipinski definition) is 14. The number of aromatic nitrogens is 12. The van der Waals surface area contributed by atoms with Crippen LogP contribution < -0.4 is 32.1 Å². The number of hydrogen-bond donors (Lipinski definition) is 2. The van der Waals surface area contributed by atoms with E-state index < -0.39 is 58.1 Å². The molecule has 0 fully saturated rings. The maximum absolute atomic E-state index is 15.0. The highest BCUT2D eigenvalue weighted by molar-refractivity contribution is 5.99. The smallest absolute Gasteiger partial charge is 0.266 e. The molecule has 0 radical (unpaired) electrons. The van der Waals surface area contributed by atoms with Gasteiger partial charge in [0.2, 0.25) is 0 Å². The van der Waals surface area contributed by atoms with E-state index in [1.54, 1.807) is 65.8 Å². The van der Waals surface area contributed by atoms with Crippen molar-refractivity contribution in [2.24, 2.45) is 0 Å². The summed E-state index contributed by atoms with van der Waals surface area (Å²) in [6.45, 7) is 10.7. The first-order chi connectivity index (χ1) is 40.2. The fraction of sp³-hybridized carbons (Fsp3) is 0.167. The summed E-state index contributed by atoms with van der Waals surface area (Å²) in [5, 5.41) is 10.2. The van der Waals surface area contributed by atoms with Crippen LogP contribution in [0.15, 0.2) is 144 Å². The zero-order valence-corrected chi connectivity index (χ0v) is 45.4. The molecule has 0 unspecified atom stereocenters. The minimum Gasteiger partial charge on any atom is -0.488 e. The van der Waals surface area contributed by atoms with Crippen molar-refractivity contribution in [3.63, 3.8) is 0 Å². The molecule has 0 aliphatic carbocycles. The van der Waals surface area contributed by atoms with E-state index in [-0.39, 0.29) is 80.3 Å². The van der Waals surface area contributed by atoms with Crippen molar-refractivity contribution in [2.45, 2.75) is 65.8 Å². The first kappa shape index (κ1) is 55.4. The molecule has 84 heavy (non-hydrogen) atoms. The molecule has 2 atom stereocenters. The van der Waals surface area contributed by atoms with Crippen LogP contribution >= 0.6 is 0 Å². The van der Waals surface area contributed by atoms with Crippen molar-refractivity contribution in [1.82, 2.24) is 58.3 Å². The number of ether oxygens (including phenoxy) is 2. The third-order valence-corrected chi connectivity index (χ3v) is 13.6. The Morgan fingerprint density at radius 2 is 0.869 bits per heavy atom. The van der Waals surface area contributed by atoms with Crippen molar-refractivity contribution in [3.8, 4) is 56.3 Å². The van der Waals surface area contributed by atoms with Crippen molar-refractivity contribution >= 4 is 45.0 Å². The summed E-state index contributed by atoms with van der Waals surface area (Å²) in [5.41, 5.74) is 14.8. The molecule has 12 aromatic rings. The Morgan fingerprint density at radius 3 is 1.24 bits per heavy atom. The standard InChI is InChI=1S/2C30H24F3N7O2/c2*1-15(2)42-22-9-7-18(12-21(22)33)27-25-28(34)35-14-36-29(25)40(38-27)16(3)26-24(17-5-4-6-19(31)11-17)30(41)39-13-20(32)8-10-23(39)37-26/h2*4-16H,1-3H3,(H2,34,35,36)/t2*16-/m10/s1. The number of nitrogen functional groups attached to an aromatic ring is 2. The summed E-state index contributed by atoms with van der Waals surface area (Å²) in [6, 6.07) is 23.5. The second kappa shape index (κ2) is 22.1. The van der Waals surface area contributed by atoms with Gasteiger partial charge < -0.3 is 20.9 Å². The van der Waals surface area contributed by atoms with Crippen LogP contribution in [0.2, 0.25) is 0 Å². The highest BCUT2D eigenvalue weighted by Crippen LogP contribution is 2.39. The molecule has 8 heterocycles. The second-order valence-corrected chi connectivity index (χ2v) is 20.0. The summed E-state index contributed by atoms with van der Waals surface area (Å²) in [4.78, 5) is 53.9. The summed E-state index contributed by atoms with van der Waals surface area (Å²) in [6.07, 6.45) is 4.14. The Balaban J connectivity index is 0.000000175. The van der Waals surface area contributed by atoms with Gasteiger partial charge in [-0.25, -0.2) is 65.6 Å². The minimum atomic E-state index is -0.773. The van der Waals surface area contributed by atoms with Gasteiger partial charge in [0.25, 0.3) is 11.1 Å². The van der Waals surface area contributed by atoms with Crippen LogP contribution in [-0.2, 0) is 0 Å². The topological polar surface area (TPSA) is 226 Å². The van der Waals surface area contributed by atoms with E-state index in [2.05, 4.69) is 29.9 Å². The minimum absolute atomic E-state index is 0.0542. The first-order valence-corrected chi connectivity index (χ1v) is 26.1. The van der Waals surface area contributed by atoms with Crippen molar-refractivity contribution in [2.75, 3.05) is 11.5 Å². The molecule has 18 nitrogen and oxygen atoms in total. The number of halogens is 6. The molecule has 8 aromatic heterocycles. The maximum atomic E-state index is 15.0. The summed E-state index contributed by atoms with van der Waals surface area (Å²) >= 11 is 0. The van der Waals surface area contributed by atoms with Crippen LogP contribution in [0.25, 0.3) is 78.1 Å². The SMILES string of the molecule is CC(C)Oc1ccc(-c2nn([C@@H](C)c3nc4ccc(F)cn4c(=O)c3-c3cccc(F)c3)c3ncnc(N)c23)cc1F.CC(C)Oc1ccc(-c2nn([C@H](C)c3nc4ccc(F)cn4c(=O)c3-c3cccc(F)c3)c3ncnc(N)c23)cc1F.